The summed E-state index contributed by atoms with van der Waals surface area (Å²) in [6.45, 7) is 7.64. The Bertz CT molecular complexity index is 1110. The van der Waals surface area contributed by atoms with Crippen LogP contribution in [0, 0.1) is 11.2 Å². The number of carbonyl (C=O) groups excluding carboxylic acids is 1. The molecular formula is C26H31FN4O2. The van der Waals surface area contributed by atoms with Crippen molar-refractivity contribution >= 4 is 5.91 Å². The maximum atomic E-state index is 14.0. The summed E-state index contributed by atoms with van der Waals surface area (Å²) < 4.78 is 21.6. The third-order valence-electron chi connectivity index (χ3n) is 5.93. The van der Waals surface area contributed by atoms with Gasteiger partial charge in [0.2, 0.25) is 5.91 Å². The van der Waals surface area contributed by atoms with Crippen LogP contribution in [0.15, 0.2) is 60.8 Å². The van der Waals surface area contributed by atoms with E-state index in [1.54, 1.807) is 6.07 Å². The number of ether oxygens (including phenoxy) is 1. The fourth-order valence-electron chi connectivity index (χ4n) is 4.37. The van der Waals surface area contributed by atoms with Crippen LogP contribution in [-0.2, 0) is 16.1 Å². The van der Waals surface area contributed by atoms with E-state index in [9.17, 15) is 9.18 Å². The van der Waals surface area contributed by atoms with Crippen LogP contribution in [-0.4, -0.2) is 46.2 Å². The van der Waals surface area contributed by atoms with Crippen molar-refractivity contribution in [2.45, 2.75) is 39.5 Å². The molecule has 1 saturated heterocycles. The van der Waals surface area contributed by atoms with E-state index in [0.29, 0.717) is 30.9 Å². The summed E-state index contributed by atoms with van der Waals surface area (Å²) in [5.74, 6) is 0.367. The van der Waals surface area contributed by atoms with Gasteiger partial charge in [-0.3, -0.25) is 4.79 Å². The average molecular weight is 451 g/mol. The van der Waals surface area contributed by atoms with E-state index in [-0.39, 0.29) is 35.9 Å². The second kappa shape index (κ2) is 9.45. The Morgan fingerprint density at radius 1 is 1.18 bits per heavy atom. The van der Waals surface area contributed by atoms with E-state index >= 15 is 0 Å². The number of amides is 1. The normalized spacial score (nSPS) is 17.9. The van der Waals surface area contributed by atoms with Crippen LogP contribution in [0.25, 0.3) is 11.3 Å². The minimum absolute atomic E-state index is 0.00456. The Morgan fingerprint density at radius 3 is 2.61 bits per heavy atom. The van der Waals surface area contributed by atoms with Crippen molar-refractivity contribution in [3.8, 4) is 11.3 Å². The first-order valence-electron chi connectivity index (χ1n) is 11.2. The Morgan fingerprint density at radius 2 is 1.94 bits per heavy atom. The quantitative estimate of drug-likeness (QED) is 0.616. The lowest BCUT2D eigenvalue weighted by molar-refractivity contribution is -0.155. The minimum atomic E-state index is -0.314. The van der Waals surface area contributed by atoms with E-state index in [4.69, 9.17) is 15.5 Å². The smallest absolute Gasteiger partial charge is 0.249 e. The van der Waals surface area contributed by atoms with Crippen LogP contribution in [0.2, 0.25) is 0 Å². The summed E-state index contributed by atoms with van der Waals surface area (Å²) in [5, 5.41) is 0. The lowest BCUT2D eigenvalue weighted by Crippen LogP contribution is -2.53. The summed E-state index contributed by atoms with van der Waals surface area (Å²) in [6, 6.07) is 16.2. The summed E-state index contributed by atoms with van der Waals surface area (Å²) in [5.41, 5.74) is 8.04. The van der Waals surface area contributed by atoms with Gasteiger partial charge in [-0.2, -0.15) is 0 Å². The van der Waals surface area contributed by atoms with Crippen molar-refractivity contribution in [2.24, 2.45) is 11.1 Å². The standard InChI is InChI=1S/C26H31FN4O2/c1-26(2,3)24(31-15-21(13-28)33-17-23(31)32)25-29-22(19-10-7-11-20(27)12-19)16-30(25)14-18-8-5-4-6-9-18/h4-12,16,21,24H,13-15,17,28H2,1-3H3/t21-,24+/m1/s1. The first-order chi connectivity index (χ1) is 15.8. The van der Waals surface area contributed by atoms with Crippen molar-refractivity contribution in [1.82, 2.24) is 14.5 Å². The van der Waals surface area contributed by atoms with Crippen LogP contribution in [0.1, 0.15) is 38.2 Å². The molecule has 1 aromatic heterocycles. The monoisotopic (exact) mass is 450 g/mol. The van der Waals surface area contributed by atoms with Gasteiger partial charge >= 0.3 is 0 Å². The second-order valence-electron chi connectivity index (χ2n) is 9.59. The summed E-state index contributed by atoms with van der Waals surface area (Å²) >= 11 is 0. The maximum absolute atomic E-state index is 14.0. The second-order valence-corrected chi connectivity index (χ2v) is 9.59. The fourth-order valence-corrected chi connectivity index (χ4v) is 4.37. The Balaban J connectivity index is 1.83. The molecule has 2 atom stereocenters. The zero-order valence-corrected chi connectivity index (χ0v) is 19.4. The number of benzene rings is 2. The number of halogens is 1. The molecule has 0 radical (unpaired) electrons. The molecule has 1 amide bonds. The molecule has 1 aliphatic rings. The topological polar surface area (TPSA) is 73.4 Å². The molecule has 0 unspecified atom stereocenters. The first kappa shape index (κ1) is 23.1. The molecule has 7 heteroatoms. The molecule has 3 aromatic rings. The molecule has 2 N–H and O–H groups in total. The van der Waals surface area contributed by atoms with Gasteiger partial charge in [-0.1, -0.05) is 63.2 Å². The fraction of sp³-hybridized carbons (Fsp3) is 0.385. The van der Waals surface area contributed by atoms with E-state index in [1.165, 1.54) is 12.1 Å². The highest BCUT2D eigenvalue weighted by molar-refractivity contribution is 5.78. The van der Waals surface area contributed by atoms with E-state index in [2.05, 4.69) is 37.5 Å². The predicted octanol–water partition coefficient (Wildman–Crippen LogP) is 4.01. The van der Waals surface area contributed by atoms with Crippen molar-refractivity contribution in [3.05, 3.63) is 78.0 Å². The molecule has 0 bridgehead atoms. The molecule has 2 heterocycles. The maximum Gasteiger partial charge on any atom is 0.249 e. The number of imidazole rings is 1. The van der Waals surface area contributed by atoms with Gasteiger partial charge in [-0.15, -0.1) is 0 Å². The van der Waals surface area contributed by atoms with Gasteiger partial charge in [-0.05, 0) is 23.1 Å². The van der Waals surface area contributed by atoms with Gasteiger partial charge in [0.15, 0.2) is 0 Å². The lowest BCUT2D eigenvalue weighted by Gasteiger charge is -2.43. The summed E-state index contributed by atoms with van der Waals surface area (Å²) in [7, 11) is 0. The molecule has 0 saturated carbocycles. The van der Waals surface area contributed by atoms with Gasteiger partial charge in [0.25, 0.3) is 0 Å². The van der Waals surface area contributed by atoms with Crippen LogP contribution >= 0.6 is 0 Å². The van der Waals surface area contributed by atoms with Gasteiger partial charge < -0.3 is 19.9 Å². The van der Waals surface area contributed by atoms with Gasteiger partial charge in [0.05, 0.1) is 17.8 Å². The number of rotatable bonds is 6. The Kier molecular flexibility index (Phi) is 6.63. The van der Waals surface area contributed by atoms with Gasteiger partial charge in [0.1, 0.15) is 18.2 Å². The third-order valence-corrected chi connectivity index (χ3v) is 5.93. The molecule has 6 nitrogen and oxygen atoms in total. The van der Waals surface area contributed by atoms with Crippen LogP contribution in [0.3, 0.4) is 0 Å². The lowest BCUT2D eigenvalue weighted by atomic mass is 9.84. The van der Waals surface area contributed by atoms with Crippen LogP contribution in [0.4, 0.5) is 4.39 Å². The minimum Gasteiger partial charge on any atom is -0.365 e. The first-order valence-corrected chi connectivity index (χ1v) is 11.2. The predicted molar refractivity (Wildman–Crippen MR) is 126 cm³/mol. The molecule has 33 heavy (non-hydrogen) atoms. The van der Waals surface area contributed by atoms with Crippen LogP contribution < -0.4 is 5.73 Å². The molecule has 174 valence electrons. The van der Waals surface area contributed by atoms with E-state index < -0.39 is 0 Å². The van der Waals surface area contributed by atoms with Crippen molar-refractivity contribution < 1.29 is 13.9 Å². The largest absolute Gasteiger partial charge is 0.365 e. The zero-order chi connectivity index (χ0) is 23.6. The summed E-state index contributed by atoms with van der Waals surface area (Å²) in [6.07, 6.45) is 1.73. The molecule has 1 aliphatic heterocycles. The molecule has 0 spiro atoms. The number of nitrogens with two attached hydrogens (primary N) is 1. The zero-order valence-electron chi connectivity index (χ0n) is 19.4. The molecule has 2 aromatic carbocycles. The number of hydrogen-bond acceptors (Lipinski definition) is 4. The van der Waals surface area contributed by atoms with Crippen LogP contribution in [0.5, 0.6) is 0 Å². The summed E-state index contributed by atoms with van der Waals surface area (Å²) in [4.78, 5) is 19.8. The highest BCUT2D eigenvalue weighted by Crippen LogP contribution is 2.40. The Labute approximate surface area is 194 Å². The van der Waals surface area contributed by atoms with Gasteiger partial charge in [0, 0.05) is 31.4 Å². The molecule has 4 rings (SSSR count). The number of carbonyl (C=O) groups is 1. The van der Waals surface area contributed by atoms with Gasteiger partial charge in [-0.25, -0.2) is 9.37 Å². The molecule has 0 aliphatic carbocycles. The average Bonchev–Trinajstić information content (AvgIpc) is 3.18. The third kappa shape index (κ3) is 5.15. The van der Waals surface area contributed by atoms with E-state index in [0.717, 1.165) is 11.4 Å². The van der Waals surface area contributed by atoms with E-state index in [1.807, 2.05) is 35.4 Å². The van der Waals surface area contributed by atoms with Crippen molar-refractivity contribution in [1.29, 1.82) is 0 Å². The Hall–Kier alpha value is -3.03. The number of nitrogens with zero attached hydrogens (tertiary/aromatic N) is 3. The van der Waals surface area contributed by atoms with Crippen molar-refractivity contribution in [3.63, 3.8) is 0 Å². The highest BCUT2D eigenvalue weighted by atomic mass is 19.1. The number of aromatic nitrogens is 2. The molecular weight excluding hydrogens is 419 g/mol. The highest BCUT2D eigenvalue weighted by Gasteiger charge is 2.41. The number of hydrogen-bond donors (Lipinski definition) is 1. The SMILES string of the molecule is CC(C)(C)[C@H](c1nc(-c2cccc(F)c2)cn1Cc1ccccc1)N1C[C@@H](CN)OCC1=O. The van der Waals surface area contributed by atoms with Crippen molar-refractivity contribution in [2.75, 3.05) is 19.7 Å². The molecule has 1 fully saturated rings. The number of morpholine rings is 1.